The Morgan fingerprint density at radius 2 is 2.06 bits per heavy atom. The predicted octanol–water partition coefficient (Wildman–Crippen LogP) is 2.54. The zero-order valence-corrected chi connectivity index (χ0v) is 10.2. The average Bonchev–Trinajstić information content (AvgIpc) is 2.29. The summed E-state index contributed by atoms with van der Waals surface area (Å²) in [6.07, 6.45) is 8.02. The summed E-state index contributed by atoms with van der Waals surface area (Å²) in [5, 5.41) is 0. The van der Waals surface area contributed by atoms with Gasteiger partial charge in [0.2, 0.25) is 0 Å². The average molecular weight is 219 g/mol. The van der Waals surface area contributed by atoms with Crippen LogP contribution in [0.4, 0.5) is 0 Å². The lowest BCUT2D eigenvalue weighted by Crippen LogP contribution is -2.45. The Morgan fingerprint density at radius 3 is 2.94 bits per heavy atom. The molecule has 2 nitrogen and oxygen atoms in total. The van der Waals surface area contributed by atoms with Crippen LogP contribution in [0.1, 0.15) is 44.9 Å². The lowest BCUT2D eigenvalue weighted by molar-refractivity contribution is -0.116. The number of hydrogen-bond acceptors (Lipinski definition) is 2. The highest BCUT2D eigenvalue weighted by Gasteiger charge is 2.37. The van der Waals surface area contributed by atoms with Crippen molar-refractivity contribution in [2.75, 3.05) is 13.6 Å². The molecule has 0 bridgehead atoms. The molecule has 88 valence electrons. The van der Waals surface area contributed by atoms with Crippen LogP contribution >= 0.6 is 0 Å². The van der Waals surface area contributed by atoms with Gasteiger partial charge in [-0.15, -0.1) is 0 Å². The molecular formula is C14H21NO. The van der Waals surface area contributed by atoms with E-state index >= 15 is 0 Å². The van der Waals surface area contributed by atoms with Crippen LogP contribution in [0.5, 0.6) is 0 Å². The maximum atomic E-state index is 11.9. The molecule has 0 radical (unpaired) electrons. The fourth-order valence-electron chi connectivity index (χ4n) is 3.84. The fourth-order valence-corrected chi connectivity index (χ4v) is 3.84. The van der Waals surface area contributed by atoms with Gasteiger partial charge in [0, 0.05) is 12.5 Å². The summed E-state index contributed by atoms with van der Waals surface area (Å²) < 4.78 is 0. The van der Waals surface area contributed by atoms with Crippen LogP contribution in [0.3, 0.4) is 0 Å². The molecule has 2 unspecified atom stereocenters. The molecule has 16 heavy (non-hydrogen) atoms. The summed E-state index contributed by atoms with van der Waals surface area (Å²) in [5.41, 5.74) is 2.74. The molecule has 2 aliphatic carbocycles. The third-order valence-corrected chi connectivity index (χ3v) is 4.76. The van der Waals surface area contributed by atoms with E-state index in [4.69, 9.17) is 0 Å². The standard InChI is InChI=1S/C14H21NO/c1-15-7-3-5-11-8-12-10(9-13(11)15)4-2-6-14(12)16/h11,13H,2-9H2,1H3. The molecule has 0 spiro atoms. The van der Waals surface area contributed by atoms with E-state index in [1.807, 2.05) is 0 Å². The van der Waals surface area contributed by atoms with Crippen molar-refractivity contribution in [3.05, 3.63) is 11.1 Å². The van der Waals surface area contributed by atoms with Crippen molar-refractivity contribution in [3.8, 4) is 0 Å². The van der Waals surface area contributed by atoms with Crippen molar-refractivity contribution in [3.63, 3.8) is 0 Å². The van der Waals surface area contributed by atoms with Crippen molar-refractivity contribution in [2.45, 2.75) is 51.0 Å². The molecule has 0 amide bonds. The van der Waals surface area contributed by atoms with Crippen molar-refractivity contribution in [1.29, 1.82) is 0 Å². The number of hydrogen-bond donors (Lipinski definition) is 0. The maximum absolute atomic E-state index is 11.9. The van der Waals surface area contributed by atoms with E-state index in [0.29, 0.717) is 5.78 Å². The van der Waals surface area contributed by atoms with Gasteiger partial charge in [-0.05, 0) is 63.6 Å². The summed E-state index contributed by atoms with van der Waals surface area (Å²) in [4.78, 5) is 14.4. The largest absolute Gasteiger partial charge is 0.303 e. The minimum absolute atomic E-state index is 0.466. The number of ketones is 1. The number of piperidine rings is 1. The maximum Gasteiger partial charge on any atom is 0.158 e. The topological polar surface area (TPSA) is 20.3 Å². The predicted molar refractivity (Wildman–Crippen MR) is 64.3 cm³/mol. The summed E-state index contributed by atoms with van der Waals surface area (Å²) in [7, 11) is 2.26. The van der Waals surface area contributed by atoms with Gasteiger partial charge >= 0.3 is 0 Å². The van der Waals surface area contributed by atoms with Crippen LogP contribution in [-0.2, 0) is 4.79 Å². The van der Waals surface area contributed by atoms with Crippen LogP contribution in [0.25, 0.3) is 0 Å². The van der Waals surface area contributed by atoms with Crippen LogP contribution in [0.2, 0.25) is 0 Å². The summed E-state index contributed by atoms with van der Waals surface area (Å²) in [6, 6.07) is 0.735. The Labute approximate surface area is 97.7 Å². The van der Waals surface area contributed by atoms with Crippen molar-refractivity contribution < 1.29 is 4.79 Å². The minimum atomic E-state index is 0.466. The molecule has 1 heterocycles. The molecule has 0 aromatic rings. The van der Waals surface area contributed by atoms with Gasteiger partial charge in [0.1, 0.15) is 0 Å². The SMILES string of the molecule is CN1CCCC2CC3=C(CCCC3=O)CC21. The highest BCUT2D eigenvalue weighted by molar-refractivity contribution is 5.97. The lowest BCUT2D eigenvalue weighted by Gasteiger charge is -2.44. The van der Waals surface area contributed by atoms with E-state index in [1.54, 1.807) is 0 Å². The molecule has 0 aromatic heterocycles. The Morgan fingerprint density at radius 1 is 1.19 bits per heavy atom. The summed E-state index contributed by atoms with van der Waals surface area (Å²) in [5.74, 6) is 1.23. The number of carbonyl (C=O) groups excluding carboxylic acids is 1. The van der Waals surface area contributed by atoms with Crippen LogP contribution < -0.4 is 0 Å². The van der Waals surface area contributed by atoms with Gasteiger partial charge in [0.05, 0.1) is 0 Å². The first-order valence-electron chi connectivity index (χ1n) is 6.70. The van der Waals surface area contributed by atoms with Gasteiger partial charge in [-0.3, -0.25) is 4.79 Å². The normalized spacial score (nSPS) is 35.9. The van der Waals surface area contributed by atoms with Gasteiger partial charge < -0.3 is 4.90 Å². The van der Waals surface area contributed by atoms with E-state index < -0.39 is 0 Å². The molecule has 1 fully saturated rings. The van der Waals surface area contributed by atoms with Gasteiger partial charge in [-0.2, -0.15) is 0 Å². The number of carbonyl (C=O) groups is 1. The van der Waals surface area contributed by atoms with Crippen molar-refractivity contribution in [2.24, 2.45) is 5.92 Å². The third kappa shape index (κ3) is 1.64. The van der Waals surface area contributed by atoms with E-state index in [-0.39, 0.29) is 0 Å². The Hall–Kier alpha value is -0.630. The number of allylic oxidation sites excluding steroid dienone is 1. The van der Waals surface area contributed by atoms with Crippen molar-refractivity contribution >= 4 is 5.78 Å². The Bertz CT molecular complexity index is 345. The molecule has 1 aliphatic heterocycles. The van der Waals surface area contributed by atoms with Crippen LogP contribution in [0, 0.1) is 5.92 Å². The van der Waals surface area contributed by atoms with E-state index in [1.165, 1.54) is 43.4 Å². The molecule has 0 aromatic carbocycles. The molecule has 1 saturated heterocycles. The molecule has 0 saturated carbocycles. The first-order valence-corrected chi connectivity index (χ1v) is 6.70. The summed E-state index contributed by atoms with van der Waals surface area (Å²) >= 11 is 0. The number of rotatable bonds is 0. The zero-order chi connectivity index (χ0) is 11.1. The first-order chi connectivity index (χ1) is 7.75. The third-order valence-electron chi connectivity index (χ3n) is 4.76. The molecule has 0 N–H and O–H groups in total. The second-order valence-electron chi connectivity index (χ2n) is 5.72. The minimum Gasteiger partial charge on any atom is -0.303 e. The van der Waals surface area contributed by atoms with Crippen molar-refractivity contribution in [1.82, 2.24) is 4.90 Å². The number of nitrogens with zero attached hydrogens (tertiary/aromatic N) is 1. The molecule has 2 atom stereocenters. The lowest BCUT2D eigenvalue weighted by atomic mass is 9.71. The number of fused-ring (bicyclic) bond motifs is 1. The highest BCUT2D eigenvalue weighted by Crippen LogP contribution is 2.41. The Balaban J connectivity index is 1.88. The van der Waals surface area contributed by atoms with Gasteiger partial charge in [0.15, 0.2) is 5.78 Å². The molecule has 3 aliphatic rings. The quantitative estimate of drug-likeness (QED) is 0.624. The zero-order valence-electron chi connectivity index (χ0n) is 10.2. The summed E-state index contributed by atoms with van der Waals surface area (Å²) in [6.45, 7) is 1.25. The van der Waals surface area contributed by atoms with E-state index in [9.17, 15) is 4.79 Å². The number of Topliss-reactive ketones (excluding diaryl/α,β-unsaturated/α-hetero) is 1. The van der Waals surface area contributed by atoms with Gasteiger partial charge in [-0.25, -0.2) is 0 Å². The second-order valence-corrected chi connectivity index (χ2v) is 5.72. The number of likely N-dealkylation sites (tertiary alicyclic amines) is 1. The monoisotopic (exact) mass is 219 g/mol. The van der Waals surface area contributed by atoms with Crippen LogP contribution in [-0.4, -0.2) is 30.3 Å². The van der Waals surface area contributed by atoms with E-state index in [0.717, 1.165) is 31.2 Å². The fraction of sp³-hybridized carbons (Fsp3) is 0.786. The molecule has 2 heteroatoms. The first kappa shape index (κ1) is 10.5. The Kier molecular flexibility index (Phi) is 2.62. The van der Waals surface area contributed by atoms with E-state index in [2.05, 4.69) is 11.9 Å². The van der Waals surface area contributed by atoms with Crippen LogP contribution in [0.15, 0.2) is 11.1 Å². The van der Waals surface area contributed by atoms with Gasteiger partial charge in [0.25, 0.3) is 0 Å². The highest BCUT2D eigenvalue weighted by atomic mass is 16.1. The molecule has 3 rings (SSSR count). The smallest absolute Gasteiger partial charge is 0.158 e. The van der Waals surface area contributed by atoms with Gasteiger partial charge in [-0.1, -0.05) is 5.57 Å². The molecular weight excluding hydrogens is 198 g/mol. The second kappa shape index (κ2) is 3.99.